The van der Waals surface area contributed by atoms with Gasteiger partial charge in [0.2, 0.25) is 5.91 Å². The highest BCUT2D eigenvalue weighted by atomic mass is 16.5. The van der Waals surface area contributed by atoms with E-state index in [9.17, 15) is 4.79 Å². The Morgan fingerprint density at radius 2 is 1.83 bits per heavy atom. The van der Waals surface area contributed by atoms with E-state index >= 15 is 0 Å². The summed E-state index contributed by atoms with van der Waals surface area (Å²) in [6, 6.07) is 0. The van der Waals surface area contributed by atoms with E-state index in [-0.39, 0.29) is 12.5 Å². The largest absolute Gasteiger partial charge is 0.371 e. The number of likely N-dealkylation sites (N-methyl/N-ethyl adjacent to an activating group) is 1. The van der Waals surface area contributed by atoms with Crippen LogP contribution in [0.3, 0.4) is 0 Å². The highest BCUT2D eigenvalue weighted by Gasteiger charge is 2.24. The Bertz CT molecular complexity index is 242. The molecule has 18 heavy (non-hydrogen) atoms. The van der Waals surface area contributed by atoms with Crippen LogP contribution >= 0.6 is 0 Å². The Balaban J connectivity index is 2.25. The maximum absolute atomic E-state index is 11.8. The third kappa shape index (κ3) is 4.58. The van der Waals surface area contributed by atoms with Crippen LogP contribution in [0.1, 0.15) is 39.5 Å². The molecule has 0 aromatic heterocycles. The number of nitrogens with two attached hydrogens (primary N) is 1. The summed E-state index contributed by atoms with van der Waals surface area (Å²) in [6.07, 6.45) is 4.97. The number of carbonyl (C=O) groups excluding carboxylic acids is 1. The van der Waals surface area contributed by atoms with Gasteiger partial charge in [0.05, 0.1) is 6.61 Å². The van der Waals surface area contributed by atoms with Gasteiger partial charge in [-0.25, -0.2) is 0 Å². The zero-order chi connectivity index (χ0) is 13.4. The van der Waals surface area contributed by atoms with E-state index < -0.39 is 0 Å². The maximum atomic E-state index is 11.8. The van der Waals surface area contributed by atoms with Crippen LogP contribution in [0, 0.1) is 11.8 Å². The monoisotopic (exact) mass is 256 g/mol. The van der Waals surface area contributed by atoms with Gasteiger partial charge in [-0.1, -0.05) is 12.8 Å². The molecule has 106 valence electrons. The number of rotatable bonds is 7. The maximum Gasteiger partial charge on any atom is 0.248 e. The average Bonchev–Trinajstić information content (AvgIpc) is 2.40. The van der Waals surface area contributed by atoms with E-state index in [0.717, 1.165) is 19.6 Å². The van der Waals surface area contributed by atoms with E-state index in [1.54, 1.807) is 4.90 Å². The van der Waals surface area contributed by atoms with Crippen molar-refractivity contribution in [2.45, 2.75) is 39.5 Å². The van der Waals surface area contributed by atoms with Crippen LogP contribution in [0.15, 0.2) is 0 Å². The van der Waals surface area contributed by atoms with Crippen molar-refractivity contribution in [2.75, 3.05) is 32.8 Å². The third-order valence-electron chi connectivity index (χ3n) is 4.04. The number of carbonyl (C=O) groups is 1. The smallest absolute Gasteiger partial charge is 0.248 e. The van der Waals surface area contributed by atoms with Gasteiger partial charge in [-0.15, -0.1) is 0 Å². The second-order valence-electron chi connectivity index (χ2n) is 5.12. The lowest BCUT2D eigenvalue weighted by Crippen LogP contribution is -2.35. The fraction of sp³-hybridized carbons (Fsp3) is 0.929. The van der Waals surface area contributed by atoms with Crippen LogP contribution in [0.5, 0.6) is 0 Å². The molecule has 1 fully saturated rings. The highest BCUT2D eigenvalue weighted by Crippen LogP contribution is 2.29. The predicted molar refractivity (Wildman–Crippen MR) is 73.2 cm³/mol. The molecular formula is C14H28N2O2. The van der Waals surface area contributed by atoms with E-state index in [1.807, 2.05) is 13.8 Å². The third-order valence-corrected chi connectivity index (χ3v) is 4.04. The molecule has 0 heterocycles. The van der Waals surface area contributed by atoms with Crippen molar-refractivity contribution < 1.29 is 9.53 Å². The molecule has 0 saturated heterocycles. The molecule has 2 atom stereocenters. The normalized spacial score (nSPS) is 23.9. The summed E-state index contributed by atoms with van der Waals surface area (Å²) in [6.45, 7) is 7.16. The Hall–Kier alpha value is -0.610. The van der Waals surface area contributed by atoms with Crippen LogP contribution in [-0.4, -0.2) is 43.7 Å². The van der Waals surface area contributed by atoms with Crippen molar-refractivity contribution in [1.82, 2.24) is 4.90 Å². The van der Waals surface area contributed by atoms with Gasteiger partial charge in [-0.05, 0) is 45.1 Å². The summed E-state index contributed by atoms with van der Waals surface area (Å²) in [7, 11) is 0. The minimum Gasteiger partial charge on any atom is -0.371 e. The molecule has 2 N–H and O–H groups in total. The molecule has 1 aliphatic rings. The molecule has 0 spiro atoms. The molecule has 1 aliphatic carbocycles. The summed E-state index contributed by atoms with van der Waals surface area (Å²) in [5.74, 6) is 1.23. The zero-order valence-corrected chi connectivity index (χ0v) is 11.9. The van der Waals surface area contributed by atoms with Crippen LogP contribution in [0.4, 0.5) is 0 Å². The van der Waals surface area contributed by atoms with Crippen LogP contribution in [-0.2, 0) is 9.53 Å². The molecule has 0 radical (unpaired) electrons. The quantitative estimate of drug-likeness (QED) is 0.753. The van der Waals surface area contributed by atoms with Crippen LogP contribution < -0.4 is 5.73 Å². The van der Waals surface area contributed by atoms with Crippen molar-refractivity contribution in [3.8, 4) is 0 Å². The standard InChI is InChI=1S/C14H28N2O2/c1-3-16(4-2)14(17)11-18-10-13-8-6-5-7-12(13)9-15/h12-13H,3-11,15H2,1-2H3. The van der Waals surface area contributed by atoms with E-state index in [4.69, 9.17) is 10.5 Å². The van der Waals surface area contributed by atoms with Gasteiger partial charge in [-0.3, -0.25) is 4.79 Å². The van der Waals surface area contributed by atoms with Gasteiger partial charge in [0.25, 0.3) is 0 Å². The SMILES string of the molecule is CCN(CC)C(=O)COCC1CCCCC1CN. The fourth-order valence-corrected chi connectivity index (χ4v) is 2.78. The summed E-state index contributed by atoms with van der Waals surface area (Å²) >= 11 is 0. The second kappa shape index (κ2) is 8.48. The van der Waals surface area contributed by atoms with Crippen molar-refractivity contribution in [3.63, 3.8) is 0 Å². The molecular weight excluding hydrogens is 228 g/mol. The first-order valence-electron chi connectivity index (χ1n) is 7.28. The fourth-order valence-electron chi connectivity index (χ4n) is 2.78. The van der Waals surface area contributed by atoms with E-state index in [1.165, 1.54) is 25.7 Å². The lowest BCUT2D eigenvalue weighted by Gasteiger charge is -2.30. The van der Waals surface area contributed by atoms with Crippen molar-refractivity contribution in [2.24, 2.45) is 17.6 Å². The lowest BCUT2D eigenvalue weighted by atomic mass is 9.80. The molecule has 0 aliphatic heterocycles. The topological polar surface area (TPSA) is 55.6 Å². The van der Waals surface area contributed by atoms with Gasteiger partial charge in [0.15, 0.2) is 0 Å². The molecule has 0 aromatic rings. The molecule has 0 aromatic carbocycles. The van der Waals surface area contributed by atoms with Crippen molar-refractivity contribution >= 4 is 5.91 Å². The number of ether oxygens (including phenoxy) is 1. The molecule has 1 amide bonds. The predicted octanol–water partition coefficient (Wildman–Crippen LogP) is 1.64. The minimum absolute atomic E-state index is 0.0973. The molecule has 1 rings (SSSR count). The Labute approximate surface area is 111 Å². The highest BCUT2D eigenvalue weighted by molar-refractivity contribution is 5.77. The first-order chi connectivity index (χ1) is 8.72. The molecule has 0 bridgehead atoms. The van der Waals surface area contributed by atoms with Gasteiger partial charge < -0.3 is 15.4 Å². The van der Waals surface area contributed by atoms with Gasteiger partial charge in [0.1, 0.15) is 6.61 Å². The van der Waals surface area contributed by atoms with Gasteiger partial charge >= 0.3 is 0 Å². The summed E-state index contributed by atoms with van der Waals surface area (Å²) in [4.78, 5) is 13.6. The first-order valence-corrected chi connectivity index (χ1v) is 7.28. The summed E-state index contributed by atoms with van der Waals surface area (Å²) < 4.78 is 5.60. The minimum atomic E-state index is 0.0973. The van der Waals surface area contributed by atoms with Gasteiger partial charge in [-0.2, -0.15) is 0 Å². The van der Waals surface area contributed by atoms with Crippen molar-refractivity contribution in [3.05, 3.63) is 0 Å². The number of hydrogen-bond donors (Lipinski definition) is 1. The molecule has 4 nitrogen and oxygen atoms in total. The van der Waals surface area contributed by atoms with Crippen molar-refractivity contribution in [1.29, 1.82) is 0 Å². The molecule has 1 saturated carbocycles. The van der Waals surface area contributed by atoms with Crippen LogP contribution in [0.25, 0.3) is 0 Å². The van der Waals surface area contributed by atoms with Crippen LogP contribution in [0.2, 0.25) is 0 Å². The summed E-state index contributed by atoms with van der Waals surface area (Å²) in [5, 5.41) is 0. The van der Waals surface area contributed by atoms with E-state index in [0.29, 0.717) is 18.4 Å². The first kappa shape index (κ1) is 15.4. The number of amides is 1. The number of nitrogens with zero attached hydrogens (tertiary/aromatic N) is 1. The average molecular weight is 256 g/mol. The number of hydrogen-bond acceptors (Lipinski definition) is 3. The lowest BCUT2D eigenvalue weighted by molar-refractivity contribution is -0.136. The zero-order valence-electron chi connectivity index (χ0n) is 11.9. The van der Waals surface area contributed by atoms with Gasteiger partial charge in [0, 0.05) is 13.1 Å². The Morgan fingerprint density at radius 1 is 1.22 bits per heavy atom. The van der Waals surface area contributed by atoms with E-state index in [2.05, 4.69) is 0 Å². The Kier molecular flexibility index (Phi) is 7.28. The summed E-state index contributed by atoms with van der Waals surface area (Å²) in [5.41, 5.74) is 5.79. The molecule has 2 unspecified atom stereocenters. The molecule has 4 heteroatoms. The Morgan fingerprint density at radius 3 is 2.39 bits per heavy atom. The second-order valence-corrected chi connectivity index (χ2v) is 5.12.